The van der Waals surface area contributed by atoms with Crippen molar-refractivity contribution in [1.29, 1.82) is 0 Å². The molecule has 0 saturated carbocycles. The molecule has 0 bridgehead atoms. The lowest BCUT2D eigenvalue weighted by atomic mass is 9.93. The van der Waals surface area contributed by atoms with E-state index in [-0.39, 0.29) is 23.4 Å². The van der Waals surface area contributed by atoms with E-state index in [1.165, 1.54) is 22.0 Å². The summed E-state index contributed by atoms with van der Waals surface area (Å²) in [4.78, 5) is 43.7. The number of hydrogen-bond acceptors (Lipinski definition) is 8. The maximum Gasteiger partial charge on any atom is 0.338 e. The van der Waals surface area contributed by atoms with E-state index in [1.807, 2.05) is 60.7 Å². The molecule has 0 fully saturated rings. The minimum Gasteiger partial charge on any atom is -0.463 e. The molecule has 3 aromatic carbocycles. The molecule has 6 rings (SSSR count). The summed E-state index contributed by atoms with van der Waals surface area (Å²) in [7, 11) is 0. The van der Waals surface area contributed by atoms with Crippen LogP contribution < -0.4 is 14.9 Å². The second kappa shape index (κ2) is 11.5. The molecule has 2 aromatic heterocycles. The zero-order chi connectivity index (χ0) is 30.1. The molecule has 0 aliphatic carbocycles. The Kier molecular flexibility index (Phi) is 7.43. The van der Waals surface area contributed by atoms with Crippen LogP contribution in [0.4, 0.5) is 5.69 Å². The number of carbonyl (C=O) groups excluding carboxylic acids is 1. The van der Waals surface area contributed by atoms with Gasteiger partial charge in [0.1, 0.15) is 11.5 Å². The molecular weight excluding hydrogens is 566 g/mol. The van der Waals surface area contributed by atoms with Gasteiger partial charge in [0.05, 0.1) is 33.4 Å². The van der Waals surface area contributed by atoms with Crippen LogP contribution >= 0.6 is 11.3 Å². The number of ether oxygens (including phenoxy) is 1. The fourth-order valence-corrected chi connectivity index (χ4v) is 6.05. The highest BCUT2D eigenvalue weighted by Crippen LogP contribution is 2.35. The van der Waals surface area contributed by atoms with Gasteiger partial charge in [-0.15, -0.1) is 0 Å². The van der Waals surface area contributed by atoms with E-state index < -0.39 is 16.9 Å². The van der Waals surface area contributed by atoms with Crippen LogP contribution in [0.2, 0.25) is 0 Å². The van der Waals surface area contributed by atoms with Gasteiger partial charge in [0.25, 0.3) is 11.2 Å². The van der Waals surface area contributed by atoms with Gasteiger partial charge in [-0.2, -0.15) is 0 Å². The number of carbonyl (C=O) groups is 1. The molecule has 0 spiro atoms. The highest BCUT2D eigenvalue weighted by Gasteiger charge is 2.35. The normalized spacial score (nSPS) is 14.7. The molecule has 1 aliphatic rings. The fourth-order valence-electron chi connectivity index (χ4n) is 5.07. The molecule has 43 heavy (non-hydrogen) atoms. The lowest BCUT2D eigenvalue weighted by Crippen LogP contribution is -2.39. The Balaban J connectivity index is 1.52. The average Bonchev–Trinajstić information content (AvgIpc) is 3.61. The lowest BCUT2D eigenvalue weighted by Gasteiger charge is -2.25. The average molecular weight is 592 g/mol. The third kappa shape index (κ3) is 5.24. The topological polar surface area (TPSA) is 117 Å². The van der Waals surface area contributed by atoms with E-state index in [0.717, 1.165) is 11.1 Å². The van der Waals surface area contributed by atoms with Crippen LogP contribution in [0.5, 0.6) is 0 Å². The number of nitro groups is 1. The maximum atomic E-state index is 14.0. The van der Waals surface area contributed by atoms with E-state index >= 15 is 0 Å². The summed E-state index contributed by atoms with van der Waals surface area (Å²) in [6.45, 7) is 3.58. The Morgan fingerprint density at radius 1 is 1.05 bits per heavy atom. The molecule has 0 amide bonds. The molecule has 0 saturated heterocycles. The lowest BCUT2D eigenvalue weighted by molar-refractivity contribution is -0.385. The molecule has 1 atom stereocenters. The predicted octanol–water partition coefficient (Wildman–Crippen LogP) is 5.41. The van der Waals surface area contributed by atoms with Crippen LogP contribution in [0.25, 0.3) is 23.1 Å². The molecule has 10 heteroatoms. The first kappa shape index (κ1) is 27.8. The number of fused-ring (bicyclic) bond motifs is 1. The van der Waals surface area contributed by atoms with Gasteiger partial charge in [-0.1, -0.05) is 84.1 Å². The van der Waals surface area contributed by atoms with Gasteiger partial charge in [0.15, 0.2) is 4.80 Å². The van der Waals surface area contributed by atoms with Crippen molar-refractivity contribution in [3.63, 3.8) is 0 Å². The summed E-state index contributed by atoms with van der Waals surface area (Å²) in [5.41, 5.74) is 2.95. The quantitative estimate of drug-likeness (QED) is 0.142. The minimum atomic E-state index is -0.769. The molecule has 0 unspecified atom stereocenters. The molecule has 214 valence electrons. The Morgan fingerprint density at radius 2 is 1.77 bits per heavy atom. The van der Waals surface area contributed by atoms with E-state index in [1.54, 1.807) is 44.2 Å². The van der Waals surface area contributed by atoms with Crippen molar-refractivity contribution < 1.29 is 18.9 Å². The van der Waals surface area contributed by atoms with Gasteiger partial charge in [-0.25, -0.2) is 9.79 Å². The predicted molar refractivity (Wildman–Crippen MR) is 163 cm³/mol. The van der Waals surface area contributed by atoms with Gasteiger partial charge in [0.2, 0.25) is 0 Å². The van der Waals surface area contributed by atoms with Crippen molar-refractivity contribution in [1.82, 2.24) is 4.57 Å². The van der Waals surface area contributed by atoms with Crippen molar-refractivity contribution >= 4 is 34.8 Å². The third-order valence-corrected chi connectivity index (χ3v) is 8.06. The smallest absolute Gasteiger partial charge is 0.338 e. The van der Waals surface area contributed by atoms with Crippen LogP contribution in [0.1, 0.15) is 35.4 Å². The zero-order valence-corrected chi connectivity index (χ0v) is 24.0. The summed E-state index contributed by atoms with van der Waals surface area (Å²) in [5.74, 6) is 0.281. The Morgan fingerprint density at radius 3 is 2.47 bits per heavy atom. The summed E-state index contributed by atoms with van der Waals surface area (Å²) in [6, 6.07) is 26.2. The number of benzene rings is 3. The first-order valence-electron chi connectivity index (χ1n) is 13.5. The van der Waals surface area contributed by atoms with Crippen LogP contribution in [0.3, 0.4) is 0 Å². The van der Waals surface area contributed by atoms with Gasteiger partial charge in [-0.3, -0.25) is 19.5 Å². The van der Waals surface area contributed by atoms with Crippen LogP contribution in [0.15, 0.2) is 111 Å². The van der Waals surface area contributed by atoms with Gasteiger partial charge in [0, 0.05) is 28.8 Å². The Bertz CT molecular complexity index is 2070. The largest absolute Gasteiger partial charge is 0.463 e. The number of furan rings is 1. The number of hydrogen-bond donors (Lipinski definition) is 0. The van der Waals surface area contributed by atoms with Gasteiger partial charge >= 0.3 is 5.97 Å². The van der Waals surface area contributed by atoms with Crippen molar-refractivity contribution in [2.24, 2.45) is 4.99 Å². The molecule has 3 heterocycles. The first-order chi connectivity index (χ1) is 20.9. The number of nitrogens with zero attached hydrogens (tertiary/aromatic N) is 3. The van der Waals surface area contributed by atoms with Crippen LogP contribution in [0, 0.1) is 17.0 Å². The monoisotopic (exact) mass is 591 g/mol. The zero-order valence-electron chi connectivity index (χ0n) is 23.2. The second-order valence-corrected chi connectivity index (χ2v) is 10.8. The number of aryl methyl sites for hydroxylation is 1. The van der Waals surface area contributed by atoms with Crippen molar-refractivity contribution in [2.45, 2.75) is 19.9 Å². The SMILES string of the molecule is CCOC(=O)C1=C(c2ccccc2)N=c2s/c(=C\c3ccc(-c4ccc(C)c([N+](=O)[O-])c4)o3)c(=O)n2[C@H]1c1ccccc1. The van der Waals surface area contributed by atoms with E-state index in [4.69, 9.17) is 14.1 Å². The van der Waals surface area contributed by atoms with Crippen LogP contribution in [-0.2, 0) is 9.53 Å². The van der Waals surface area contributed by atoms with Crippen molar-refractivity contribution in [3.05, 3.63) is 149 Å². The number of nitro benzene ring substituents is 1. The maximum absolute atomic E-state index is 14.0. The summed E-state index contributed by atoms with van der Waals surface area (Å²) in [6.07, 6.45) is 1.62. The van der Waals surface area contributed by atoms with Crippen molar-refractivity contribution in [2.75, 3.05) is 6.61 Å². The molecule has 9 nitrogen and oxygen atoms in total. The van der Waals surface area contributed by atoms with Crippen LogP contribution in [-0.4, -0.2) is 22.1 Å². The number of rotatable bonds is 7. The molecule has 0 radical (unpaired) electrons. The first-order valence-corrected chi connectivity index (χ1v) is 14.4. The number of thiazole rings is 1. The standard InChI is InChI=1S/C33H25N3O6S/c1-3-41-32(38)28-29(21-10-6-4-7-11-21)34-33-35(30(28)22-12-8-5-9-13-22)31(37)27(43-33)19-24-16-17-26(42-24)23-15-14-20(2)25(18-23)36(39)40/h4-19,30H,3H2,1-2H3/b27-19-/t30-/m0/s1. The summed E-state index contributed by atoms with van der Waals surface area (Å²) < 4.78 is 13.4. The third-order valence-electron chi connectivity index (χ3n) is 7.08. The Hall–Kier alpha value is -5.35. The van der Waals surface area contributed by atoms with Crippen molar-refractivity contribution in [3.8, 4) is 11.3 Å². The van der Waals surface area contributed by atoms with E-state index in [0.29, 0.717) is 37.7 Å². The molecule has 0 N–H and O–H groups in total. The number of esters is 1. The molecular formula is C33H25N3O6S. The van der Waals surface area contributed by atoms with E-state index in [2.05, 4.69) is 0 Å². The molecule has 1 aliphatic heterocycles. The summed E-state index contributed by atoms with van der Waals surface area (Å²) in [5, 5.41) is 11.4. The Labute approximate surface area is 249 Å². The van der Waals surface area contributed by atoms with Gasteiger partial charge < -0.3 is 9.15 Å². The molecule has 5 aromatic rings. The highest BCUT2D eigenvalue weighted by atomic mass is 32.1. The fraction of sp³-hybridized carbons (Fsp3) is 0.121. The number of aromatic nitrogens is 1. The minimum absolute atomic E-state index is 0.00343. The summed E-state index contributed by atoms with van der Waals surface area (Å²) >= 11 is 1.19. The van der Waals surface area contributed by atoms with E-state index in [9.17, 15) is 19.7 Å². The van der Waals surface area contributed by atoms with Gasteiger partial charge in [-0.05, 0) is 31.5 Å². The highest BCUT2D eigenvalue weighted by molar-refractivity contribution is 7.07. The second-order valence-electron chi connectivity index (χ2n) is 9.80.